The average Bonchev–Trinajstić information content (AvgIpc) is 3.03. The first-order valence-corrected chi connectivity index (χ1v) is 9.02. The summed E-state index contributed by atoms with van der Waals surface area (Å²) in [5.74, 6) is 1.23. The smallest absolute Gasteiger partial charge is 0.196 e. The lowest BCUT2D eigenvalue weighted by atomic mass is 9.93. The highest BCUT2D eigenvalue weighted by molar-refractivity contribution is 6.26. The van der Waals surface area contributed by atoms with E-state index in [-0.39, 0.29) is 5.78 Å². The van der Waals surface area contributed by atoms with Gasteiger partial charge in [0.15, 0.2) is 17.3 Å². The number of aromatic nitrogens is 1. The molecule has 0 N–H and O–H groups in total. The molecule has 4 aromatic rings. The van der Waals surface area contributed by atoms with E-state index in [1.807, 2.05) is 66.7 Å². The van der Waals surface area contributed by atoms with E-state index in [4.69, 9.17) is 14.5 Å². The van der Waals surface area contributed by atoms with Gasteiger partial charge < -0.3 is 9.47 Å². The molecule has 0 radical (unpaired) electrons. The molecular weight excluding hydrogens is 350 g/mol. The van der Waals surface area contributed by atoms with Crippen LogP contribution in [0.1, 0.15) is 15.9 Å². The van der Waals surface area contributed by atoms with E-state index >= 15 is 0 Å². The van der Waals surface area contributed by atoms with Crippen molar-refractivity contribution in [2.45, 2.75) is 0 Å². The van der Waals surface area contributed by atoms with Crippen LogP contribution in [0.15, 0.2) is 66.7 Å². The second-order valence-corrected chi connectivity index (χ2v) is 6.68. The van der Waals surface area contributed by atoms with Gasteiger partial charge in [-0.15, -0.1) is 0 Å². The van der Waals surface area contributed by atoms with E-state index in [9.17, 15) is 4.79 Å². The molecule has 0 aliphatic heterocycles. The standard InChI is InChI=1S/C24H17NO3/c1-27-19-12-17-18(13-20(19)28-2)25-23-15-10-6-7-11-16(15)24(26)22(23)21(17)14-8-4-3-5-9-14/h3-13H,1-2H3. The molecule has 28 heavy (non-hydrogen) atoms. The number of ketones is 1. The fourth-order valence-electron chi connectivity index (χ4n) is 3.93. The number of benzene rings is 3. The lowest BCUT2D eigenvalue weighted by molar-refractivity contribution is 0.104. The minimum Gasteiger partial charge on any atom is -0.493 e. The zero-order valence-electron chi connectivity index (χ0n) is 15.5. The fourth-order valence-corrected chi connectivity index (χ4v) is 3.93. The highest BCUT2D eigenvalue weighted by atomic mass is 16.5. The number of rotatable bonds is 3. The molecule has 1 aliphatic rings. The molecular formula is C24H17NO3. The van der Waals surface area contributed by atoms with Gasteiger partial charge in [-0.05, 0) is 11.6 Å². The Morgan fingerprint density at radius 2 is 1.39 bits per heavy atom. The summed E-state index contributed by atoms with van der Waals surface area (Å²) in [6.07, 6.45) is 0. The van der Waals surface area contributed by atoms with Crippen LogP contribution < -0.4 is 9.47 Å². The molecule has 0 saturated heterocycles. The second-order valence-electron chi connectivity index (χ2n) is 6.68. The Morgan fingerprint density at radius 1 is 0.750 bits per heavy atom. The Bertz CT molecular complexity index is 1250. The molecule has 0 amide bonds. The Labute approximate surface area is 162 Å². The maximum atomic E-state index is 13.3. The summed E-state index contributed by atoms with van der Waals surface area (Å²) in [4.78, 5) is 18.2. The minimum atomic E-state index is 0.00800. The third kappa shape index (κ3) is 2.24. The van der Waals surface area contributed by atoms with Crippen molar-refractivity contribution < 1.29 is 14.3 Å². The van der Waals surface area contributed by atoms with Crippen LogP contribution in [0.2, 0.25) is 0 Å². The lowest BCUT2D eigenvalue weighted by Crippen LogP contribution is -2.01. The van der Waals surface area contributed by atoms with E-state index in [0.29, 0.717) is 22.6 Å². The zero-order valence-corrected chi connectivity index (χ0v) is 15.5. The van der Waals surface area contributed by atoms with Gasteiger partial charge in [-0.2, -0.15) is 0 Å². The van der Waals surface area contributed by atoms with Crippen LogP contribution in [-0.4, -0.2) is 25.0 Å². The van der Waals surface area contributed by atoms with Crippen LogP contribution in [0.5, 0.6) is 11.5 Å². The Hall–Kier alpha value is -3.66. The molecule has 1 heterocycles. The molecule has 4 nitrogen and oxygen atoms in total. The van der Waals surface area contributed by atoms with Gasteiger partial charge in [0.25, 0.3) is 0 Å². The first kappa shape index (κ1) is 16.5. The summed E-state index contributed by atoms with van der Waals surface area (Å²) in [5, 5.41) is 0.865. The quantitative estimate of drug-likeness (QED) is 0.443. The van der Waals surface area contributed by atoms with Crippen LogP contribution in [0.25, 0.3) is 33.3 Å². The van der Waals surface area contributed by atoms with Crippen LogP contribution in [0.4, 0.5) is 0 Å². The van der Waals surface area contributed by atoms with E-state index in [0.717, 1.165) is 33.3 Å². The first-order valence-electron chi connectivity index (χ1n) is 9.02. The average molecular weight is 367 g/mol. The zero-order chi connectivity index (χ0) is 19.3. The van der Waals surface area contributed by atoms with Crippen molar-refractivity contribution >= 4 is 16.7 Å². The Balaban J connectivity index is 1.96. The van der Waals surface area contributed by atoms with E-state index < -0.39 is 0 Å². The predicted octanol–water partition coefficient (Wildman–Crippen LogP) is 5.13. The van der Waals surface area contributed by atoms with Crippen molar-refractivity contribution in [2.75, 3.05) is 14.2 Å². The number of methoxy groups -OCH3 is 2. The van der Waals surface area contributed by atoms with Gasteiger partial charge in [0.1, 0.15) is 0 Å². The van der Waals surface area contributed by atoms with E-state index in [1.165, 1.54) is 0 Å². The van der Waals surface area contributed by atoms with Crippen molar-refractivity contribution in [3.05, 3.63) is 77.9 Å². The maximum Gasteiger partial charge on any atom is 0.196 e. The number of nitrogens with zero attached hydrogens (tertiary/aromatic N) is 1. The molecule has 5 rings (SSSR count). The molecule has 0 spiro atoms. The molecule has 0 saturated carbocycles. The van der Waals surface area contributed by atoms with Crippen molar-refractivity contribution in [3.63, 3.8) is 0 Å². The van der Waals surface area contributed by atoms with Crippen molar-refractivity contribution in [3.8, 4) is 33.9 Å². The molecule has 3 aromatic carbocycles. The van der Waals surface area contributed by atoms with Crippen molar-refractivity contribution in [1.82, 2.24) is 4.98 Å². The van der Waals surface area contributed by atoms with Gasteiger partial charge in [0, 0.05) is 28.1 Å². The Morgan fingerprint density at radius 3 is 2.11 bits per heavy atom. The molecule has 1 aromatic heterocycles. The summed E-state index contributed by atoms with van der Waals surface area (Å²) in [5.41, 5.74) is 5.54. The lowest BCUT2D eigenvalue weighted by Gasteiger charge is -2.15. The number of fused-ring (bicyclic) bond motifs is 4. The number of pyridine rings is 1. The SMILES string of the molecule is COc1cc2nc3c(c(-c4ccccc4)c2cc1OC)C(=O)c1ccccc1-3. The van der Waals surface area contributed by atoms with Gasteiger partial charge in [-0.1, -0.05) is 54.6 Å². The van der Waals surface area contributed by atoms with Crippen LogP contribution in [-0.2, 0) is 0 Å². The van der Waals surface area contributed by atoms with Crippen LogP contribution in [0.3, 0.4) is 0 Å². The van der Waals surface area contributed by atoms with Gasteiger partial charge in [0.2, 0.25) is 0 Å². The minimum absolute atomic E-state index is 0.00800. The summed E-state index contributed by atoms with van der Waals surface area (Å²) in [6, 6.07) is 21.3. The van der Waals surface area contributed by atoms with Crippen molar-refractivity contribution in [2.24, 2.45) is 0 Å². The number of hydrogen-bond acceptors (Lipinski definition) is 4. The van der Waals surface area contributed by atoms with Crippen molar-refractivity contribution in [1.29, 1.82) is 0 Å². The van der Waals surface area contributed by atoms with Gasteiger partial charge in [-0.3, -0.25) is 4.79 Å². The number of carbonyl (C=O) groups excluding carboxylic acids is 1. The number of carbonyl (C=O) groups is 1. The normalized spacial score (nSPS) is 12.0. The third-order valence-corrected chi connectivity index (χ3v) is 5.21. The van der Waals surface area contributed by atoms with E-state index in [1.54, 1.807) is 14.2 Å². The fraction of sp³-hybridized carbons (Fsp3) is 0.0833. The summed E-state index contributed by atoms with van der Waals surface area (Å²) >= 11 is 0. The van der Waals surface area contributed by atoms with Crippen LogP contribution >= 0.6 is 0 Å². The molecule has 1 aliphatic carbocycles. The van der Waals surface area contributed by atoms with E-state index in [2.05, 4.69) is 0 Å². The summed E-state index contributed by atoms with van der Waals surface area (Å²) in [6.45, 7) is 0. The second kappa shape index (κ2) is 6.20. The molecule has 0 fully saturated rings. The summed E-state index contributed by atoms with van der Waals surface area (Å²) < 4.78 is 11.0. The highest BCUT2D eigenvalue weighted by Crippen LogP contribution is 2.45. The number of hydrogen-bond donors (Lipinski definition) is 0. The molecule has 0 unspecified atom stereocenters. The first-order chi connectivity index (χ1) is 13.7. The van der Waals surface area contributed by atoms with Gasteiger partial charge in [-0.25, -0.2) is 4.98 Å². The Kier molecular flexibility index (Phi) is 3.66. The van der Waals surface area contributed by atoms with Gasteiger partial charge in [0.05, 0.1) is 31.0 Å². The van der Waals surface area contributed by atoms with Gasteiger partial charge >= 0.3 is 0 Å². The third-order valence-electron chi connectivity index (χ3n) is 5.21. The highest BCUT2D eigenvalue weighted by Gasteiger charge is 2.32. The monoisotopic (exact) mass is 367 g/mol. The molecule has 136 valence electrons. The maximum absolute atomic E-state index is 13.3. The predicted molar refractivity (Wildman–Crippen MR) is 109 cm³/mol. The summed E-state index contributed by atoms with van der Waals surface area (Å²) in [7, 11) is 3.21. The topological polar surface area (TPSA) is 48.4 Å². The van der Waals surface area contributed by atoms with Crippen LogP contribution in [0, 0.1) is 0 Å². The molecule has 0 bridgehead atoms. The molecule has 4 heteroatoms. The number of ether oxygens (including phenoxy) is 2. The largest absolute Gasteiger partial charge is 0.493 e. The molecule has 0 atom stereocenters.